The van der Waals surface area contributed by atoms with Crippen molar-refractivity contribution in [1.82, 2.24) is 5.32 Å². The van der Waals surface area contributed by atoms with Crippen molar-refractivity contribution >= 4 is 5.91 Å². The monoisotopic (exact) mass is 1170 g/mol. The molecular formula is C63H115NO18. The third-order valence-electron chi connectivity index (χ3n) is 16.2. The minimum atomic E-state index is -1.98. The maximum atomic E-state index is 13.3. The van der Waals surface area contributed by atoms with E-state index in [1.165, 1.54) is 141 Å². The highest BCUT2D eigenvalue weighted by Gasteiger charge is 2.53. The Bertz CT molecular complexity index is 1640. The molecule has 3 saturated heterocycles. The second kappa shape index (κ2) is 46.2. The molecule has 19 heteroatoms. The third kappa shape index (κ3) is 29.1. The summed E-state index contributed by atoms with van der Waals surface area (Å²) in [5.41, 5.74) is 0. The summed E-state index contributed by atoms with van der Waals surface area (Å²) in [6, 6.07) is -0.967. The van der Waals surface area contributed by atoms with Crippen LogP contribution in [-0.2, 0) is 33.2 Å². The van der Waals surface area contributed by atoms with Crippen LogP contribution < -0.4 is 5.32 Å². The molecule has 0 spiro atoms. The molecule has 0 aromatic carbocycles. The Morgan fingerprint density at radius 2 is 0.805 bits per heavy atom. The number of carbonyl (C=O) groups excluding carboxylic acids is 1. The van der Waals surface area contributed by atoms with Crippen LogP contribution in [0.3, 0.4) is 0 Å². The van der Waals surface area contributed by atoms with Crippen LogP contribution in [0.15, 0.2) is 36.5 Å². The van der Waals surface area contributed by atoms with Gasteiger partial charge in [-0.3, -0.25) is 4.79 Å². The highest BCUT2D eigenvalue weighted by molar-refractivity contribution is 5.76. The molecule has 0 aromatic heterocycles. The summed E-state index contributed by atoms with van der Waals surface area (Å²) in [4.78, 5) is 13.3. The highest BCUT2D eigenvalue weighted by Crippen LogP contribution is 2.33. The van der Waals surface area contributed by atoms with Crippen LogP contribution in [0.25, 0.3) is 0 Å². The van der Waals surface area contributed by atoms with E-state index in [4.69, 9.17) is 28.4 Å². The average Bonchev–Trinajstić information content (AvgIpc) is 3.53. The van der Waals surface area contributed by atoms with E-state index in [9.17, 15) is 61.0 Å². The molecule has 12 N–H and O–H groups in total. The van der Waals surface area contributed by atoms with Gasteiger partial charge in [-0.25, -0.2) is 0 Å². The van der Waals surface area contributed by atoms with Crippen molar-refractivity contribution in [3.63, 3.8) is 0 Å². The number of nitrogens with one attached hydrogen (secondary N) is 1. The molecule has 3 aliphatic rings. The van der Waals surface area contributed by atoms with Gasteiger partial charge in [0, 0.05) is 6.42 Å². The number of rotatable bonds is 48. The maximum Gasteiger partial charge on any atom is 0.220 e. The molecule has 17 unspecified atom stereocenters. The molecule has 0 aliphatic carbocycles. The van der Waals surface area contributed by atoms with Crippen molar-refractivity contribution in [2.24, 2.45) is 0 Å². The van der Waals surface area contributed by atoms with E-state index >= 15 is 0 Å². The van der Waals surface area contributed by atoms with E-state index in [0.29, 0.717) is 6.42 Å². The van der Waals surface area contributed by atoms with Crippen molar-refractivity contribution in [1.29, 1.82) is 0 Å². The lowest BCUT2D eigenvalue weighted by atomic mass is 9.96. The molecule has 1 amide bonds. The van der Waals surface area contributed by atoms with Crippen LogP contribution >= 0.6 is 0 Å². The fraction of sp³-hybridized carbons (Fsp3) is 0.889. The number of aliphatic hydroxyl groups excluding tert-OH is 11. The zero-order chi connectivity index (χ0) is 59.7. The number of carbonyl (C=O) groups is 1. The molecule has 3 rings (SSSR count). The topological polar surface area (TPSA) is 307 Å². The molecule has 3 aliphatic heterocycles. The highest BCUT2D eigenvalue weighted by atomic mass is 16.8. The van der Waals surface area contributed by atoms with Crippen LogP contribution in [-0.4, -0.2) is 193 Å². The lowest BCUT2D eigenvalue weighted by Gasteiger charge is -2.48. The third-order valence-corrected chi connectivity index (χ3v) is 16.2. The Kier molecular flexibility index (Phi) is 41.8. The van der Waals surface area contributed by atoms with E-state index in [1.54, 1.807) is 6.08 Å². The quantitative estimate of drug-likeness (QED) is 0.0218. The van der Waals surface area contributed by atoms with Gasteiger partial charge in [-0.1, -0.05) is 204 Å². The largest absolute Gasteiger partial charge is 0.394 e. The summed E-state index contributed by atoms with van der Waals surface area (Å²) in [6.07, 6.45) is 25.0. The fourth-order valence-corrected chi connectivity index (χ4v) is 10.9. The van der Waals surface area contributed by atoms with Crippen LogP contribution in [0.2, 0.25) is 0 Å². The second-order valence-electron chi connectivity index (χ2n) is 23.2. The van der Waals surface area contributed by atoms with Crippen molar-refractivity contribution in [2.75, 3.05) is 26.4 Å². The predicted molar refractivity (Wildman–Crippen MR) is 314 cm³/mol. The van der Waals surface area contributed by atoms with Gasteiger partial charge in [0.1, 0.15) is 73.2 Å². The number of aliphatic hydroxyl groups is 11. The standard InChI is InChI=1S/C63H115NO18/c1-3-5-7-9-11-12-13-14-15-16-17-18-19-20-21-22-23-24-25-26-27-28-29-30-31-32-33-34-35-37-39-41-51(69)64-46(47(68)40-38-36-10-8-6-4-2)45-77-61-57(75)54(72)59(49(43-66)79-61)82-63-58(76)55(73)60(50(44-67)80-63)81-62-56(74)53(71)52(70)48(42-65)78-62/h13-14,16-17,38,40,46-50,52-63,65-68,70-76H,3-12,15,18-37,39,41-45H2,1-2H3,(H,64,69)/b14-13-,17-16-,40-38+. The Morgan fingerprint density at radius 3 is 1.26 bits per heavy atom. The minimum absolute atomic E-state index is 0.244. The summed E-state index contributed by atoms with van der Waals surface area (Å²) >= 11 is 0. The lowest BCUT2D eigenvalue weighted by molar-refractivity contribution is -0.379. The summed E-state index contributed by atoms with van der Waals surface area (Å²) in [6.45, 7) is 1.62. The van der Waals surface area contributed by atoms with Gasteiger partial charge < -0.3 is 89.9 Å². The van der Waals surface area contributed by atoms with Gasteiger partial charge in [-0.15, -0.1) is 0 Å². The van der Waals surface area contributed by atoms with Gasteiger partial charge in [0.2, 0.25) is 5.91 Å². The Labute approximate surface area is 491 Å². The fourth-order valence-electron chi connectivity index (χ4n) is 10.9. The molecular weight excluding hydrogens is 1060 g/mol. The Morgan fingerprint density at radius 1 is 0.439 bits per heavy atom. The smallest absolute Gasteiger partial charge is 0.220 e. The van der Waals surface area contributed by atoms with Gasteiger partial charge >= 0.3 is 0 Å². The van der Waals surface area contributed by atoms with E-state index in [1.807, 2.05) is 6.08 Å². The first-order chi connectivity index (χ1) is 39.8. The first-order valence-corrected chi connectivity index (χ1v) is 32.2. The zero-order valence-electron chi connectivity index (χ0n) is 50.2. The lowest BCUT2D eigenvalue weighted by Crippen LogP contribution is -2.66. The normalized spacial score (nSPS) is 29.8. The van der Waals surface area contributed by atoms with Gasteiger partial charge in [0.25, 0.3) is 0 Å². The van der Waals surface area contributed by atoms with E-state index < -0.39 is 124 Å². The number of amides is 1. The van der Waals surface area contributed by atoms with Crippen molar-refractivity contribution < 1.29 is 89.4 Å². The SMILES string of the molecule is CCCCCC/C=C/C(O)C(COC1OC(CO)C(OC2OC(CO)C(OC3OC(CO)C(O)C(O)C3O)C(O)C2O)C(O)C1O)NC(=O)CCCCCCCCCCCCCCCCCCCCC/C=C\C/C=C\CCCCCCC. The molecule has 0 radical (unpaired) electrons. The second-order valence-corrected chi connectivity index (χ2v) is 23.2. The van der Waals surface area contributed by atoms with E-state index in [2.05, 4.69) is 43.5 Å². The molecule has 19 nitrogen and oxygen atoms in total. The number of ether oxygens (including phenoxy) is 6. The maximum absolute atomic E-state index is 13.3. The average molecular weight is 1170 g/mol. The summed E-state index contributed by atoms with van der Waals surface area (Å²) in [7, 11) is 0. The van der Waals surface area contributed by atoms with E-state index in [-0.39, 0.29) is 18.9 Å². The molecule has 3 fully saturated rings. The Hall–Kier alpha value is -1.99. The van der Waals surface area contributed by atoms with Crippen molar-refractivity contribution in [2.45, 2.75) is 330 Å². The van der Waals surface area contributed by atoms with E-state index in [0.717, 1.165) is 57.8 Å². The van der Waals surface area contributed by atoms with Crippen LogP contribution in [0.1, 0.15) is 226 Å². The van der Waals surface area contributed by atoms with Crippen molar-refractivity contribution in [3.8, 4) is 0 Å². The molecule has 0 aromatic rings. The molecule has 480 valence electrons. The summed E-state index contributed by atoms with van der Waals surface area (Å²) < 4.78 is 34.1. The number of hydrogen-bond donors (Lipinski definition) is 12. The van der Waals surface area contributed by atoms with Crippen LogP contribution in [0, 0.1) is 0 Å². The minimum Gasteiger partial charge on any atom is -0.394 e. The number of unbranched alkanes of at least 4 members (excludes halogenated alkanes) is 28. The molecule has 0 bridgehead atoms. The predicted octanol–water partition coefficient (Wildman–Crippen LogP) is 6.88. The zero-order valence-corrected chi connectivity index (χ0v) is 50.2. The van der Waals surface area contributed by atoms with Crippen LogP contribution in [0.5, 0.6) is 0 Å². The molecule has 0 saturated carbocycles. The number of hydrogen-bond acceptors (Lipinski definition) is 18. The molecule has 17 atom stereocenters. The van der Waals surface area contributed by atoms with Gasteiger partial charge in [0.15, 0.2) is 18.9 Å². The van der Waals surface area contributed by atoms with Gasteiger partial charge in [-0.05, 0) is 51.4 Å². The van der Waals surface area contributed by atoms with Gasteiger partial charge in [0.05, 0.1) is 38.6 Å². The molecule has 82 heavy (non-hydrogen) atoms. The Balaban J connectivity index is 1.31. The first kappa shape index (κ1) is 74.3. The van der Waals surface area contributed by atoms with Crippen LogP contribution in [0.4, 0.5) is 0 Å². The summed E-state index contributed by atoms with van der Waals surface area (Å²) in [5.74, 6) is -0.280. The first-order valence-electron chi connectivity index (χ1n) is 32.2. The summed E-state index contributed by atoms with van der Waals surface area (Å²) in [5, 5.41) is 120. The van der Waals surface area contributed by atoms with Crippen molar-refractivity contribution in [3.05, 3.63) is 36.5 Å². The van der Waals surface area contributed by atoms with Gasteiger partial charge in [-0.2, -0.15) is 0 Å². The number of allylic oxidation sites excluding steroid dienone is 5. The molecule has 3 heterocycles.